The van der Waals surface area contributed by atoms with Gasteiger partial charge in [0.05, 0.1) is 18.7 Å². The van der Waals surface area contributed by atoms with Crippen molar-refractivity contribution in [2.75, 3.05) is 6.54 Å². The zero-order valence-corrected chi connectivity index (χ0v) is 15.9. The first-order valence-corrected chi connectivity index (χ1v) is 9.05. The number of nitrogens with one attached hydrogen (secondary N) is 2. The van der Waals surface area contributed by atoms with Crippen molar-refractivity contribution in [1.29, 1.82) is 0 Å². The van der Waals surface area contributed by atoms with Gasteiger partial charge in [-0.1, -0.05) is 38.1 Å². The summed E-state index contributed by atoms with van der Waals surface area (Å²) in [5.41, 5.74) is 12.4. The molecule has 0 aliphatic rings. The first-order chi connectivity index (χ1) is 12.7. The average molecular weight is 378 g/mol. The summed E-state index contributed by atoms with van der Waals surface area (Å²) in [5, 5.41) is 14.3. The van der Waals surface area contributed by atoms with Gasteiger partial charge in [0.1, 0.15) is 0 Å². The van der Waals surface area contributed by atoms with Crippen molar-refractivity contribution in [3.63, 3.8) is 0 Å². The SMILES string of the molecule is CC(C)[C@H](N)C(=O)N[C@@H](CCCNC(N)=O)C(=O)Cc1ccc(CO)cc1. The lowest BCUT2D eigenvalue weighted by Gasteiger charge is -2.22. The maximum absolute atomic E-state index is 12.7. The zero-order chi connectivity index (χ0) is 20.4. The van der Waals surface area contributed by atoms with Gasteiger partial charge in [0.15, 0.2) is 5.78 Å². The number of carbonyl (C=O) groups is 3. The van der Waals surface area contributed by atoms with Crippen LogP contribution in [-0.4, -0.2) is 41.5 Å². The Balaban J connectivity index is 2.75. The van der Waals surface area contributed by atoms with Gasteiger partial charge in [0, 0.05) is 13.0 Å². The fourth-order valence-corrected chi connectivity index (χ4v) is 2.49. The Bertz CT molecular complexity index is 631. The quantitative estimate of drug-likeness (QED) is 0.349. The molecule has 1 aromatic carbocycles. The van der Waals surface area contributed by atoms with Crippen LogP contribution in [0, 0.1) is 5.92 Å². The molecule has 3 amide bonds. The van der Waals surface area contributed by atoms with E-state index in [0.29, 0.717) is 19.4 Å². The number of rotatable bonds is 11. The lowest BCUT2D eigenvalue weighted by Crippen LogP contribution is -2.50. The first-order valence-electron chi connectivity index (χ1n) is 9.05. The van der Waals surface area contributed by atoms with Crippen molar-refractivity contribution < 1.29 is 19.5 Å². The summed E-state index contributed by atoms with van der Waals surface area (Å²) in [6, 6.07) is 5.02. The van der Waals surface area contributed by atoms with E-state index in [1.165, 1.54) is 0 Å². The number of benzene rings is 1. The molecule has 27 heavy (non-hydrogen) atoms. The molecule has 7 N–H and O–H groups in total. The summed E-state index contributed by atoms with van der Waals surface area (Å²) in [6.45, 7) is 3.92. The molecule has 0 unspecified atom stereocenters. The summed E-state index contributed by atoms with van der Waals surface area (Å²) in [7, 11) is 0. The Morgan fingerprint density at radius 3 is 2.22 bits per heavy atom. The van der Waals surface area contributed by atoms with Crippen LogP contribution >= 0.6 is 0 Å². The summed E-state index contributed by atoms with van der Waals surface area (Å²) in [4.78, 5) is 35.7. The molecule has 0 fully saturated rings. The van der Waals surface area contributed by atoms with Gasteiger partial charge in [-0.05, 0) is 29.9 Å². The lowest BCUT2D eigenvalue weighted by molar-refractivity contribution is -0.129. The van der Waals surface area contributed by atoms with Gasteiger partial charge in [-0.25, -0.2) is 4.79 Å². The summed E-state index contributed by atoms with van der Waals surface area (Å²) in [5.74, 6) is -0.569. The number of hydrogen-bond donors (Lipinski definition) is 5. The minimum atomic E-state index is -0.701. The molecular formula is C19H30N4O4. The van der Waals surface area contributed by atoms with Crippen LogP contribution < -0.4 is 22.1 Å². The van der Waals surface area contributed by atoms with E-state index >= 15 is 0 Å². The van der Waals surface area contributed by atoms with E-state index in [0.717, 1.165) is 11.1 Å². The van der Waals surface area contributed by atoms with Crippen molar-refractivity contribution in [1.82, 2.24) is 10.6 Å². The number of aliphatic hydroxyl groups excluding tert-OH is 1. The summed E-state index contributed by atoms with van der Waals surface area (Å²) in [6.07, 6.45) is 1.00. The number of hydrogen-bond acceptors (Lipinski definition) is 5. The number of ketones is 1. The van der Waals surface area contributed by atoms with E-state index in [1.54, 1.807) is 24.3 Å². The normalized spacial score (nSPS) is 13.1. The molecule has 1 rings (SSSR count). The largest absolute Gasteiger partial charge is 0.392 e. The fourth-order valence-electron chi connectivity index (χ4n) is 2.49. The highest BCUT2D eigenvalue weighted by molar-refractivity contribution is 5.92. The predicted molar refractivity (Wildman–Crippen MR) is 103 cm³/mol. The topological polar surface area (TPSA) is 148 Å². The van der Waals surface area contributed by atoms with Gasteiger partial charge in [0.2, 0.25) is 5.91 Å². The second-order valence-corrected chi connectivity index (χ2v) is 6.88. The van der Waals surface area contributed by atoms with E-state index in [2.05, 4.69) is 10.6 Å². The average Bonchev–Trinajstić information content (AvgIpc) is 2.63. The van der Waals surface area contributed by atoms with Crippen LogP contribution in [0.4, 0.5) is 4.79 Å². The molecule has 0 aromatic heterocycles. The highest BCUT2D eigenvalue weighted by atomic mass is 16.3. The maximum Gasteiger partial charge on any atom is 0.312 e. The summed E-state index contributed by atoms with van der Waals surface area (Å²) < 4.78 is 0. The second kappa shape index (κ2) is 11.3. The number of primary amides is 1. The van der Waals surface area contributed by atoms with Crippen LogP contribution in [0.5, 0.6) is 0 Å². The first kappa shape index (κ1) is 22.6. The molecule has 0 aliphatic heterocycles. The summed E-state index contributed by atoms with van der Waals surface area (Å²) >= 11 is 0. The van der Waals surface area contributed by atoms with E-state index in [-0.39, 0.29) is 30.6 Å². The Hall–Kier alpha value is -2.45. The zero-order valence-electron chi connectivity index (χ0n) is 15.9. The standard InChI is InChI=1S/C19H30N4O4/c1-12(2)17(20)18(26)23-15(4-3-9-22-19(21)27)16(25)10-13-5-7-14(11-24)8-6-13/h5-8,12,15,17,24H,3-4,9-11,20H2,1-2H3,(H,23,26)(H3,21,22,27)/t15-,17-/m0/s1. The second-order valence-electron chi connectivity index (χ2n) is 6.88. The molecule has 0 heterocycles. The van der Waals surface area contributed by atoms with E-state index in [1.807, 2.05) is 13.8 Å². The van der Waals surface area contributed by atoms with Crippen LogP contribution in [0.1, 0.15) is 37.8 Å². The molecule has 0 spiro atoms. The monoisotopic (exact) mass is 378 g/mol. The third-order valence-electron chi connectivity index (χ3n) is 4.28. The molecule has 0 saturated heterocycles. The molecule has 0 bridgehead atoms. The molecule has 1 aromatic rings. The van der Waals surface area contributed by atoms with Gasteiger partial charge in [0.25, 0.3) is 0 Å². The molecule has 2 atom stereocenters. The molecule has 0 radical (unpaired) electrons. The fraction of sp³-hybridized carbons (Fsp3) is 0.526. The van der Waals surface area contributed by atoms with E-state index in [9.17, 15) is 14.4 Å². The minimum Gasteiger partial charge on any atom is -0.392 e. The van der Waals surface area contributed by atoms with Crippen molar-refractivity contribution in [3.8, 4) is 0 Å². The van der Waals surface area contributed by atoms with Crippen LogP contribution in [0.3, 0.4) is 0 Å². The van der Waals surface area contributed by atoms with Crippen molar-refractivity contribution >= 4 is 17.7 Å². The Kier molecular flexibility index (Phi) is 9.46. The van der Waals surface area contributed by atoms with Gasteiger partial charge >= 0.3 is 6.03 Å². The van der Waals surface area contributed by atoms with E-state index < -0.39 is 18.1 Å². The number of amides is 3. The van der Waals surface area contributed by atoms with Gasteiger partial charge in [-0.2, -0.15) is 0 Å². The lowest BCUT2D eigenvalue weighted by atomic mass is 9.98. The van der Waals surface area contributed by atoms with Gasteiger partial charge in [-0.15, -0.1) is 0 Å². The van der Waals surface area contributed by atoms with Crippen molar-refractivity contribution in [2.24, 2.45) is 17.4 Å². The van der Waals surface area contributed by atoms with Crippen LogP contribution in [0.25, 0.3) is 0 Å². The van der Waals surface area contributed by atoms with E-state index in [4.69, 9.17) is 16.6 Å². The van der Waals surface area contributed by atoms with Gasteiger partial charge in [-0.3, -0.25) is 9.59 Å². The number of Topliss-reactive ketones (excluding diaryl/α,β-unsaturated/α-hetero) is 1. The van der Waals surface area contributed by atoms with Crippen LogP contribution in [0.2, 0.25) is 0 Å². The Morgan fingerprint density at radius 1 is 1.11 bits per heavy atom. The maximum atomic E-state index is 12.7. The molecule has 150 valence electrons. The molecule has 8 heteroatoms. The molecule has 0 aliphatic carbocycles. The predicted octanol–water partition coefficient (Wildman–Crippen LogP) is 0.207. The van der Waals surface area contributed by atoms with Crippen LogP contribution in [0.15, 0.2) is 24.3 Å². The number of urea groups is 1. The Morgan fingerprint density at radius 2 is 1.70 bits per heavy atom. The van der Waals surface area contributed by atoms with Gasteiger partial charge < -0.3 is 27.2 Å². The Labute approximate surface area is 159 Å². The number of aliphatic hydroxyl groups is 1. The van der Waals surface area contributed by atoms with Crippen LogP contribution in [-0.2, 0) is 22.6 Å². The number of nitrogens with two attached hydrogens (primary N) is 2. The smallest absolute Gasteiger partial charge is 0.312 e. The molecule has 0 saturated carbocycles. The third kappa shape index (κ3) is 8.19. The van der Waals surface area contributed by atoms with Crippen molar-refractivity contribution in [3.05, 3.63) is 35.4 Å². The highest BCUT2D eigenvalue weighted by Gasteiger charge is 2.25. The minimum absolute atomic E-state index is 0.0525. The highest BCUT2D eigenvalue weighted by Crippen LogP contribution is 2.09. The van der Waals surface area contributed by atoms with Crippen molar-refractivity contribution in [2.45, 2.75) is 51.8 Å². The number of carbonyl (C=O) groups excluding carboxylic acids is 3. The molecular weight excluding hydrogens is 348 g/mol. The molecule has 8 nitrogen and oxygen atoms in total. The third-order valence-corrected chi connectivity index (χ3v) is 4.28.